The lowest BCUT2D eigenvalue weighted by Gasteiger charge is -2.21. The lowest BCUT2D eigenvalue weighted by atomic mass is 9.99. The molecule has 4 aromatic rings. The van der Waals surface area contributed by atoms with Gasteiger partial charge in [-0.1, -0.05) is 99.6 Å². The number of carbonyl (C=O) groups is 1. The van der Waals surface area contributed by atoms with Crippen molar-refractivity contribution >= 4 is 40.3 Å². The molecule has 1 aliphatic heterocycles. The van der Waals surface area contributed by atoms with Crippen molar-refractivity contribution in [3.8, 4) is 22.7 Å². The molecule has 0 N–H and O–H groups in total. The summed E-state index contributed by atoms with van der Waals surface area (Å²) < 4.78 is 21.8. The molecule has 1 fully saturated rings. The molecule has 1 saturated heterocycles. The molecule has 216 valence electrons. The molecule has 5 rings (SSSR count). The molecule has 42 heavy (non-hydrogen) atoms. The topological polar surface area (TPSA) is 47.4 Å². The van der Waals surface area contributed by atoms with Crippen LogP contribution in [0, 0.1) is 11.7 Å². The Morgan fingerprint density at radius 2 is 1.83 bits per heavy atom. The van der Waals surface area contributed by atoms with Gasteiger partial charge in [-0.05, 0) is 60.4 Å². The van der Waals surface area contributed by atoms with Crippen LogP contribution < -0.4 is 4.74 Å². The van der Waals surface area contributed by atoms with Crippen LogP contribution in [0.4, 0.5) is 4.39 Å². The van der Waals surface area contributed by atoms with E-state index in [2.05, 4.69) is 13.8 Å². The number of thiocarbonyl (C=S) groups is 1. The minimum Gasteiger partial charge on any atom is -0.489 e. The number of halogens is 1. The molecule has 5 nitrogen and oxygen atoms in total. The van der Waals surface area contributed by atoms with E-state index in [0.717, 1.165) is 53.8 Å². The van der Waals surface area contributed by atoms with E-state index in [0.29, 0.717) is 34.0 Å². The molecule has 0 radical (unpaired) electrons. The maximum Gasteiger partial charge on any atom is 0.266 e. The quantitative estimate of drug-likeness (QED) is 0.120. The van der Waals surface area contributed by atoms with E-state index >= 15 is 0 Å². The van der Waals surface area contributed by atoms with Gasteiger partial charge >= 0.3 is 0 Å². The van der Waals surface area contributed by atoms with Gasteiger partial charge in [-0.15, -0.1) is 0 Å². The average Bonchev–Trinajstić information content (AvgIpc) is 3.55. The van der Waals surface area contributed by atoms with E-state index in [1.54, 1.807) is 17.0 Å². The molecule has 1 atom stereocenters. The number of carbonyl (C=O) groups excluding carboxylic acids is 1. The van der Waals surface area contributed by atoms with Crippen LogP contribution >= 0.6 is 24.0 Å². The summed E-state index contributed by atoms with van der Waals surface area (Å²) in [6.07, 6.45) is 8.25. The van der Waals surface area contributed by atoms with Crippen LogP contribution in [-0.4, -0.2) is 31.5 Å². The van der Waals surface area contributed by atoms with Gasteiger partial charge in [0.1, 0.15) is 28.2 Å². The van der Waals surface area contributed by atoms with Crippen molar-refractivity contribution in [1.82, 2.24) is 14.7 Å². The third kappa shape index (κ3) is 7.17. The second-order valence-electron chi connectivity index (χ2n) is 10.4. The van der Waals surface area contributed by atoms with E-state index in [1.165, 1.54) is 23.9 Å². The van der Waals surface area contributed by atoms with Crippen molar-refractivity contribution in [2.24, 2.45) is 5.92 Å². The molecular weight excluding hydrogens is 566 g/mol. The first-order chi connectivity index (χ1) is 20.4. The molecule has 3 aromatic carbocycles. The van der Waals surface area contributed by atoms with Gasteiger partial charge in [-0.25, -0.2) is 9.07 Å². The number of hydrogen-bond donors (Lipinski definition) is 0. The smallest absolute Gasteiger partial charge is 0.266 e. The van der Waals surface area contributed by atoms with Crippen LogP contribution in [0.1, 0.15) is 50.7 Å². The first-order valence-corrected chi connectivity index (χ1v) is 15.6. The minimum absolute atomic E-state index is 0.0465. The molecule has 0 aliphatic carbocycles. The molecule has 1 unspecified atom stereocenters. The fourth-order valence-electron chi connectivity index (χ4n) is 4.88. The highest BCUT2D eigenvalue weighted by Gasteiger charge is 2.33. The normalized spacial score (nSPS) is 15.0. The van der Waals surface area contributed by atoms with Gasteiger partial charge in [-0.3, -0.25) is 9.69 Å². The number of benzene rings is 3. The SMILES string of the molecule is CCCCC(CC)CN1C(=O)/C(=C/c2cn(-c3ccccc3)nc2-c2cccc(OCc3ccc(F)cc3)c2)SC1=S. The predicted molar refractivity (Wildman–Crippen MR) is 173 cm³/mol. The first-order valence-electron chi connectivity index (χ1n) is 14.3. The zero-order valence-corrected chi connectivity index (χ0v) is 25.5. The van der Waals surface area contributed by atoms with Crippen LogP contribution in [0.5, 0.6) is 5.75 Å². The maximum absolute atomic E-state index is 13.5. The van der Waals surface area contributed by atoms with Crippen molar-refractivity contribution in [2.75, 3.05) is 6.54 Å². The Hall–Kier alpha value is -3.75. The summed E-state index contributed by atoms with van der Waals surface area (Å²) in [5.41, 5.74) is 4.18. The Kier molecular flexibility index (Phi) is 9.87. The minimum atomic E-state index is -0.277. The van der Waals surface area contributed by atoms with Crippen molar-refractivity contribution in [2.45, 2.75) is 46.1 Å². The summed E-state index contributed by atoms with van der Waals surface area (Å²) in [5.74, 6) is 0.775. The molecule has 0 saturated carbocycles. The number of hydrogen-bond acceptors (Lipinski definition) is 5. The highest BCUT2D eigenvalue weighted by Crippen LogP contribution is 2.36. The maximum atomic E-state index is 13.5. The summed E-state index contributed by atoms with van der Waals surface area (Å²) in [7, 11) is 0. The number of nitrogens with zero attached hydrogens (tertiary/aromatic N) is 3. The van der Waals surface area contributed by atoms with Crippen LogP contribution in [0.25, 0.3) is 23.0 Å². The Balaban J connectivity index is 1.44. The Bertz CT molecular complexity index is 1570. The van der Waals surface area contributed by atoms with Crippen molar-refractivity contribution in [1.29, 1.82) is 0 Å². The molecule has 8 heteroatoms. The second kappa shape index (κ2) is 13.9. The third-order valence-electron chi connectivity index (χ3n) is 7.33. The van der Waals surface area contributed by atoms with Crippen molar-refractivity contribution in [3.05, 3.63) is 107 Å². The third-order valence-corrected chi connectivity index (χ3v) is 8.71. The van der Waals surface area contributed by atoms with Gasteiger partial charge in [-0.2, -0.15) is 5.10 Å². The average molecular weight is 600 g/mol. The molecule has 1 amide bonds. The van der Waals surface area contributed by atoms with Gasteiger partial charge in [0.25, 0.3) is 5.91 Å². The zero-order valence-electron chi connectivity index (χ0n) is 23.8. The first kappa shape index (κ1) is 29.7. The van der Waals surface area contributed by atoms with Gasteiger partial charge in [0.2, 0.25) is 0 Å². The van der Waals surface area contributed by atoms with E-state index in [-0.39, 0.29) is 11.7 Å². The van der Waals surface area contributed by atoms with E-state index in [4.69, 9.17) is 22.1 Å². The monoisotopic (exact) mass is 599 g/mol. The van der Waals surface area contributed by atoms with E-state index in [9.17, 15) is 9.18 Å². The molecule has 0 bridgehead atoms. The van der Waals surface area contributed by atoms with Crippen LogP contribution in [0.3, 0.4) is 0 Å². The number of para-hydroxylation sites is 1. The second-order valence-corrected chi connectivity index (χ2v) is 12.0. The van der Waals surface area contributed by atoms with Crippen LogP contribution in [-0.2, 0) is 11.4 Å². The number of ether oxygens (including phenoxy) is 1. The number of thioether (sulfide) groups is 1. The fraction of sp³-hybridized carbons (Fsp3) is 0.265. The standard InChI is InChI=1S/C34H34FN3O2S2/c1-3-5-10-24(4-2)21-37-33(39)31(42-34(37)41)20-27-22-38(29-12-7-6-8-13-29)36-32(27)26-11-9-14-30(19-26)40-23-25-15-17-28(35)18-16-25/h6-9,11-20,22,24H,3-5,10,21,23H2,1-2H3/b31-20-. The molecule has 1 aliphatic rings. The van der Waals surface area contributed by atoms with Gasteiger partial charge in [0.15, 0.2) is 0 Å². The van der Waals surface area contributed by atoms with Crippen LogP contribution in [0.15, 0.2) is 90.0 Å². The number of rotatable bonds is 12. The molecular formula is C34H34FN3O2S2. The number of amides is 1. The lowest BCUT2D eigenvalue weighted by Crippen LogP contribution is -2.33. The highest BCUT2D eigenvalue weighted by atomic mass is 32.2. The van der Waals surface area contributed by atoms with Gasteiger partial charge in [0, 0.05) is 23.9 Å². The van der Waals surface area contributed by atoms with E-state index < -0.39 is 0 Å². The number of aromatic nitrogens is 2. The summed E-state index contributed by atoms with van der Waals surface area (Å²) >= 11 is 7.01. The number of unbranched alkanes of at least 4 members (excludes halogenated alkanes) is 1. The van der Waals surface area contributed by atoms with Crippen molar-refractivity contribution < 1.29 is 13.9 Å². The Morgan fingerprint density at radius 3 is 2.57 bits per heavy atom. The Labute approximate surface area is 256 Å². The van der Waals surface area contributed by atoms with E-state index in [1.807, 2.05) is 71.6 Å². The molecule has 2 heterocycles. The lowest BCUT2D eigenvalue weighted by molar-refractivity contribution is -0.122. The fourth-order valence-corrected chi connectivity index (χ4v) is 6.15. The highest BCUT2D eigenvalue weighted by molar-refractivity contribution is 8.26. The summed E-state index contributed by atoms with van der Waals surface area (Å²) in [6, 6.07) is 23.9. The largest absolute Gasteiger partial charge is 0.489 e. The van der Waals surface area contributed by atoms with Crippen LogP contribution in [0.2, 0.25) is 0 Å². The van der Waals surface area contributed by atoms with Crippen molar-refractivity contribution in [3.63, 3.8) is 0 Å². The summed E-state index contributed by atoms with van der Waals surface area (Å²) in [4.78, 5) is 15.9. The zero-order chi connectivity index (χ0) is 29.5. The molecule has 1 aromatic heterocycles. The Morgan fingerprint density at radius 1 is 1.05 bits per heavy atom. The van der Waals surface area contributed by atoms with Gasteiger partial charge in [0.05, 0.1) is 10.6 Å². The molecule has 0 spiro atoms. The summed E-state index contributed by atoms with van der Waals surface area (Å²) in [5, 5.41) is 4.93. The van der Waals surface area contributed by atoms with Gasteiger partial charge < -0.3 is 4.74 Å². The summed E-state index contributed by atoms with van der Waals surface area (Å²) in [6.45, 7) is 5.34. The predicted octanol–water partition coefficient (Wildman–Crippen LogP) is 8.68.